The van der Waals surface area contributed by atoms with Gasteiger partial charge < -0.3 is 19.4 Å². The van der Waals surface area contributed by atoms with E-state index in [0.29, 0.717) is 6.42 Å². The van der Waals surface area contributed by atoms with Gasteiger partial charge in [-0.05, 0) is 42.7 Å². The summed E-state index contributed by atoms with van der Waals surface area (Å²) in [6.45, 7) is 5.93. The Morgan fingerprint density at radius 3 is 2.38 bits per heavy atom. The van der Waals surface area contributed by atoms with Gasteiger partial charge in [0.25, 0.3) is 0 Å². The van der Waals surface area contributed by atoms with Crippen molar-refractivity contribution in [3.8, 4) is 11.5 Å². The first-order valence-corrected chi connectivity index (χ1v) is 11.7. The van der Waals surface area contributed by atoms with Gasteiger partial charge in [-0.15, -0.1) is 0 Å². The van der Waals surface area contributed by atoms with E-state index in [1.807, 2.05) is 18.2 Å². The standard InChI is InChI=1S/C27H36N2O3/c1-5-7-8-11-14-28-27(30)18-24(20-15-21(31-3)17-22(16-20)32-4)25-19-29(6-2)26-13-10-9-12-23(25)26/h9-10,12-13,15-17,19,24H,5-8,11,14,18H2,1-4H3,(H,28,30)/t24-/m1/s1. The highest BCUT2D eigenvalue weighted by atomic mass is 16.5. The van der Waals surface area contributed by atoms with Gasteiger partial charge in [0.2, 0.25) is 5.91 Å². The number of aryl methyl sites for hydroxylation is 1. The van der Waals surface area contributed by atoms with E-state index in [4.69, 9.17) is 9.47 Å². The van der Waals surface area contributed by atoms with Crippen LogP contribution in [0.1, 0.15) is 63.0 Å². The number of carbonyl (C=O) groups excluding carboxylic acids is 1. The summed E-state index contributed by atoms with van der Waals surface area (Å²) in [7, 11) is 3.30. The van der Waals surface area contributed by atoms with Crippen molar-refractivity contribution in [2.75, 3.05) is 20.8 Å². The molecule has 0 unspecified atom stereocenters. The van der Waals surface area contributed by atoms with E-state index >= 15 is 0 Å². The van der Waals surface area contributed by atoms with Crippen LogP contribution < -0.4 is 14.8 Å². The molecular weight excluding hydrogens is 400 g/mol. The van der Waals surface area contributed by atoms with Crippen LogP contribution in [0.25, 0.3) is 10.9 Å². The summed E-state index contributed by atoms with van der Waals surface area (Å²) in [5.41, 5.74) is 3.35. The van der Waals surface area contributed by atoms with Gasteiger partial charge in [-0.3, -0.25) is 4.79 Å². The van der Waals surface area contributed by atoms with Crippen LogP contribution in [-0.4, -0.2) is 31.2 Å². The Balaban J connectivity index is 1.97. The van der Waals surface area contributed by atoms with Gasteiger partial charge in [-0.2, -0.15) is 0 Å². The molecule has 0 bridgehead atoms. The Morgan fingerprint density at radius 2 is 1.72 bits per heavy atom. The molecule has 5 heteroatoms. The molecule has 1 atom stereocenters. The molecule has 32 heavy (non-hydrogen) atoms. The van der Waals surface area contributed by atoms with E-state index in [2.05, 4.69) is 54.2 Å². The molecular formula is C27H36N2O3. The van der Waals surface area contributed by atoms with Gasteiger partial charge in [0.1, 0.15) is 11.5 Å². The molecule has 0 radical (unpaired) electrons. The molecule has 3 rings (SSSR count). The third-order valence-corrected chi connectivity index (χ3v) is 6.05. The molecule has 0 saturated heterocycles. The average Bonchev–Trinajstić information content (AvgIpc) is 3.20. The highest BCUT2D eigenvalue weighted by Gasteiger charge is 2.24. The Kier molecular flexibility index (Phi) is 8.60. The number of methoxy groups -OCH3 is 2. The van der Waals surface area contributed by atoms with Gasteiger partial charge in [-0.25, -0.2) is 0 Å². The predicted molar refractivity (Wildman–Crippen MR) is 131 cm³/mol. The molecule has 172 valence electrons. The molecule has 1 amide bonds. The van der Waals surface area contributed by atoms with Gasteiger partial charge in [0.05, 0.1) is 14.2 Å². The van der Waals surface area contributed by atoms with Crippen molar-refractivity contribution in [2.24, 2.45) is 0 Å². The first kappa shape index (κ1) is 23.7. The fourth-order valence-electron chi connectivity index (χ4n) is 4.29. The maximum Gasteiger partial charge on any atom is 0.220 e. The largest absolute Gasteiger partial charge is 0.497 e. The summed E-state index contributed by atoms with van der Waals surface area (Å²) in [5, 5.41) is 4.31. The number of hydrogen-bond acceptors (Lipinski definition) is 3. The Bertz CT molecular complexity index is 1000. The topological polar surface area (TPSA) is 52.5 Å². The first-order chi connectivity index (χ1) is 15.6. The second-order valence-electron chi connectivity index (χ2n) is 8.20. The maximum atomic E-state index is 13.0. The minimum Gasteiger partial charge on any atom is -0.497 e. The summed E-state index contributed by atoms with van der Waals surface area (Å²) >= 11 is 0. The van der Waals surface area contributed by atoms with Crippen LogP contribution >= 0.6 is 0 Å². The monoisotopic (exact) mass is 436 g/mol. The van der Waals surface area contributed by atoms with E-state index in [9.17, 15) is 4.79 Å². The van der Waals surface area contributed by atoms with Crippen molar-refractivity contribution in [2.45, 2.75) is 58.4 Å². The lowest BCUT2D eigenvalue weighted by molar-refractivity contribution is -0.121. The second-order valence-corrected chi connectivity index (χ2v) is 8.20. The maximum absolute atomic E-state index is 13.0. The zero-order valence-electron chi connectivity index (χ0n) is 19.8. The summed E-state index contributed by atoms with van der Waals surface area (Å²) in [6.07, 6.45) is 7.13. The number of benzene rings is 2. The Morgan fingerprint density at radius 1 is 1.00 bits per heavy atom. The number of nitrogens with one attached hydrogen (secondary N) is 1. The highest BCUT2D eigenvalue weighted by Crippen LogP contribution is 2.37. The second kappa shape index (κ2) is 11.6. The molecule has 1 aromatic heterocycles. The average molecular weight is 437 g/mol. The van der Waals surface area contributed by atoms with Gasteiger partial charge in [0, 0.05) is 48.6 Å². The van der Waals surface area contributed by atoms with E-state index in [0.717, 1.165) is 48.6 Å². The number of amides is 1. The van der Waals surface area contributed by atoms with E-state index in [1.165, 1.54) is 23.7 Å². The molecule has 0 saturated carbocycles. The first-order valence-electron chi connectivity index (χ1n) is 11.7. The van der Waals surface area contributed by atoms with Crippen molar-refractivity contribution >= 4 is 16.8 Å². The third kappa shape index (κ3) is 5.64. The van der Waals surface area contributed by atoms with Crippen molar-refractivity contribution in [3.63, 3.8) is 0 Å². The lowest BCUT2D eigenvalue weighted by atomic mass is 9.87. The lowest BCUT2D eigenvalue weighted by Gasteiger charge is -2.19. The number of unbranched alkanes of at least 4 members (excludes halogenated alkanes) is 3. The zero-order chi connectivity index (χ0) is 22.9. The fraction of sp³-hybridized carbons (Fsp3) is 0.444. The molecule has 0 spiro atoms. The van der Waals surface area contributed by atoms with Gasteiger partial charge in [0.15, 0.2) is 0 Å². The van der Waals surface area contributed by atoms with Crippen molar-refractivity contribution in [1.29, 1.82) is 0 Å². The smallest absolute Gasteiger partial charge is 0.220 e. The molecule has 3 aromatic rings. The minimum atomic E-state index is -0.104. The molecule has 2 aromatic carbocycles. The van der Waals surface area contributed by atoms with E-state index < -0.39 is 0 Å². The predicted octanol–water partition coefficient (Wildman–Crippen LogP) is 5.90. The van der Waals surface area contributed by atoms with Crippen molar-refractivity contribution in [3.05, 3.63) is 59.8 Å². The number of ether oxygens (including phenoxy) is 2. The van der Waals surface area contributed by atoms with E-state index in [1.54, 1.807) is 14.2 Å². The molecule has 1 N–H and O–H groups in total. The summed E-state index contributed by atoms with van der Waals surface area (Å²) in [4.78, 5) is 13.0. The summed E-state index contributed by atoms with van der Waals surface area (Å²) in [5.74, 6) is 1.42. The van der Waals surface area contributed by atoms with Crippen LogP contribution in [0.15, 0.2) is 48.7 Å². The number of nitrogens with zero attached hydrogens (tertiary/aromatic N) is 1. The van der Waals surface area contributed by atoms with Crippen molar-refractivity contribution < 1.29 is 14.3 Å². The number of carbonyl (C=O) groups is 1. The molecule has 0 aliphatic heterocycles. The molecule has 0 aliphatic rings. The SMILES string of the molecule is CCCCCCNC(=O)C[C@H](c1cc(OC)cc(OC)c1)c1cn(CC)c2ccccc12. The lowest BCUT2D eigenvalue weighted by Crippen LogP contribution is -2.26. The number of aromatic nitrogens is 1. The fourth-order valence-corrected chi connectivity index (χ4v) is 4.29. The number of rotatable bonds is 12. The summed E-state index contributed by atoms with van der Waals surface area (Å²) < 4.78 is 13.3. The van der Waals surface area contributed by atoms with Crippen LogP contribution in [0.2, 0.25) is 0 Å². The van der Waals surface area contributed by atoms with Crippen LogP contribution in [0.4, 0.5) is 0 Å². The van der Waals surface area contributed by atoms with Crippen molar-refractivity contribution in [1.82, 2.24) is 9.88 Å². The molecule has 0 aliphatic carbocycles. The number of hydrogen-bond donors (Lipinski definition) is 1. The van der Waals surface area contributed by atoms with Gasteiger partial charge in [-0.1, -0.05) is 44.4 Å². The molecule has 1 heterocycles. The molecule has 0 fully saturated rings. The van der Waals surface area contributed by atoms with Gasteiger partial charge >= 0.3 is 0 Å². The highest BCUT2D eigenvalue weighted by molar-refractivity contribution is 5.86. The Hall–Kier alpha value is -2.95. The normalized spacial score (nSPS) is 12.0. The van der Waals surface area contributed by atoms with E-state index in [-0.39, 0.29) is 11.8 Å². The third-order valence-electron chi connectivity index (χ3n) is 6.05. The number of fused-ring (bicyclic) bond motifs is 1. The van der Waals surface area contributed by atoms with Crippen LogP contribution in [-0.2, 0) is 11.3 Å². The number of para-hydroxylation sites is 1. The Labute approximate surface area is 191 Å². The van der Waals surface area contributed by atoms with Crippen LogP contribution in [0.5, 0.6) is 11.5 Å². The zero-order valence-corrected chi connectivity index (χ0v) is 19.8. The van der Waals surface area contributed by atoms with Crippen LogP contribution in [0.3, 0.4) is 0 Å². The molecule has 5 nitrogen and oxygen atoms in total. The minimum absolute atomic E-state index is 0.0709. The quantitative estimate of drug-likeness (QED) is 0.360. The summed E-state index contributed by atoms with van der Waals surface area (Å²) in [6, 6.07) is 14.3. The van der Waals surface area contributed by atoms with Crippen LogP contribution in [0, 0.1) is 0 Å².